The van der Waals surface area contributed by atoms with E-state index < -0.39 is 6.10 Å². The number of fused-ring (bicyclic) bond motifs is 1. The Morgan fingerprint density at radius 1 is 1.25 bits per heavy atom. The molecule has 0 spiro atoms. The highest BCUT2D eigenvalue weighted by Crippen LogP contribution is 2.27. The number of aromatic nitrogens is 2. The summed E-state index contributed by atoms with van der Waals surface area (Å²) in [5, 5.41) is 16.6. The lowest BCUT2D eigenvalue weighted by molar-refractivity contribution is -0.122. The molecule has 9 nitrogen and oxygen atoms in total. The molecule has 0 bridgehead atoms. The number of carbonyl (C=O) groups excluding carboxylic acids is 1. The minimum atomic E-state index is -0.621. The number of benzene rings is 1. The molecular weight excluding hydrogens is 366 g/mol. The number of aliphatic hydroxyl groups is 1. The van der Waals surface area contributed by atoms with Crippen LogP contribution in [0.15, 0.2) is 28.8 Å². The minimum absolute atomic E-state index is 0.0888. The molecule has 3 heterocycles. The molecule has 0 unspecified atom stereocenters. The summed E-state index contributed by atoms with van der Waals surface area (Å²) < 4.78 is 21.4. The summed E-state index contributed by atoms with van der Waals surface area (Å²) in [6.07, 6.45) is 0.183. The lowest BCUT2D eigenvalue weighted by Crippen LogP contribution is -2.44. The maximum absolute atomic E-state index is 12.2. The summed E-state index contributed by atoms with van der Waals surface area (Å²) in [4.78, 5) is 16.6. The van der Waals surface area contributed by atoms with Gasteiger partial charge in [-0.25, -0.2) is 0 Å². The first-order valence-corrected chi connectivity index (χ1v) is 9.31. The van der Waals surface area contributed by atoms with Crippen LogP contribution in [-0.2, 0) is 20.7 Å². The molecule has 9 heteroatoms. The third-order valence-electron chi connectivity index (χ3n) is 4.98. The smallest absolute Gasteiger partial charge is 0.226 e. The van der Waals surface area contributed by atoms with Gasteiger partial charge in [0.1, 0.15) is 24.1 Å². The van der Waals surface area contributed by atoms with E-state index in [1.54, 1.807) is 7.11 Å². The van der Waals surface area contributed by atoms with Crippen LogP contribution in [0.2, 0.25) is 0 Å². The zero-order valence-electron chi connectivity index (χ0n) is 15.5. The molecule has 28 heavy (non-hydrogen) atoms. The van der Waals surface area contributed by atoms with Gasteiger partial charge in [-0.3, -0.25) is 4.79 Å². The van der Waals surface area contributed by atoms with Gasteiger partial charge in [0, 0.05) is 18.4 Å². The van der Waals surface area contributed by atoms with Crippen LogP contribution in [0.25, 0.3) is 11.4 Å². The molecule has 2 aromatic rings. The van der Waals surface area contributed by atoms with Crippen molar-refractivity contribution >= 4 is 5.91 Å². The summed E-state index contributed by atoms with van der Waals surface area (Å²) in [6, 6.07) is 7.17. The molecule has 1 aromatic heterocycles. The first-order valence-electron chi connectivity index (χ1n) is 9.31. The summed E-state index contributed by atoms with van der Waals surface area (Å²) in [5.41, 5.74) is 0.836. The fourth-order valence-corrected chi connectivity index (χ4v) is 3.50. The van der Waals surface area contributed by atoms with Crippen LogP contribution in [0.3, 0.4) is 0 Å². The van der Waals surface area contributed by atoms with Gasteiger partial charge in [-0.1, -0.05) is 5.16 Å². The van der Waals surface area contributed by atoms with Crippen LogP contribution in [-0.4, -0.2) is 65.8 Å². The van der Waals surface area contributed by atoms with Crippen LogP contribution in [0, 0.1) is 0 Å². The van der Waals surface area contributed by atoms with Crippen molar-refractivity contribution in [1.82, 2.24) is 15.5 Å². The Hall–Kier alpha value is -2.49. The third-order valence-corrected chi connectivity index (χ3v) is 4.98. The van der Waals surface area contributed by atoms with Crippen LogP contribution in [0.4, 0.5) is 0 Å². The second kappa shape index (κ2) is 8.26. The molecule has 150 valence electrons. The number of aryl methyl sites for hydroxylation is 1. The molecule has 2 aliphatic heterocycles. The summed E-state index contributed by atoms with van der Waals surface area (Å²) in [6.45, 7) is 0.600. The maximum atomic E-state index is 12.2. The van der Waals surface area contributed by atoms with Crippen LogP contribution in [0.5, 0.6) is 5.75 Å². The van der Waals surface area contributed by atoms with Crippen LogP contribution < -0.4 is 10.1 Å². The summed E-state index contributed by atoms with van der Waals surface area (Å²) in [5.74, 6) is 1.67. The van der Waals surface area contributed by atoms with Gasteiger partial charge in [0.15, 0.2) is 0 Å². The fraction of sp³-hybridized carbons (Fsp3) is 0.526. The second-order valence-corrected chi connectivity index (χ2v) is 6.93. The van der Waals surface area contributed by atoms with Crippen LogP contribution in [0.1, 0.15) is 18.7 Å². The van der Waals surface area contributed by atoms with Crippen LogP contribution >= 0.6 is 0 Å². The summed E-state index contributed by atoms with van der Waals surface area (Å²) in [7, 11) is 1.61. The largest absolute Gasteiger partial charge is 0.497 e. The highest BCUT2D eigenvalue weighted by Gasteiger charge is 2.47. The first kappa shape index (κ1) is 18.9. The van der Waals surface area contributed by atoms with E-state index >= 15 is 0 Å². The number of nitrogens with zero attached hydrogens (tertiary/aromatic N) is 2. The number of methoxy groups -OCH3 is 1. The minimum Gasteiger partial charge on any atom is -0.497 e. The van der Waals surface area contributed by atoms with Gasteiger partial charge in [-0.2, -0.15) is 4.98 Å². The Balaban J connectivity index is 1.23. The van der Waals surface area contributed by atoms with E-state index in [0.29, 0.717) is 37.6 Å². The Morgan fingerprint density at radius 2 is 2.04 bits per heavy atom. The first-order chi connectivity index (χ1) is 13.6. The Labute approximate surface area is 162 Å². The molecule has 1 aromatic carbocycles. The van der Waals surface area contributed by atoms with E-state index in [1.807, 2.05) is 24.3 Å². The van der Waals surface area contributed by atoms with Crippen molar-refractivity contribution in [3.8, 4) is 17.1 Å². The molecule has 0 aliphatic carbocycles. The number of hydrogen-bond donors (Lipinski definition) is 2. The second-order valence-electron chi connectivity index (χ2n) is 6.93. The predicted octanol–water partition coefficient (Wildman–Crippen LogP) is 0.711. The number of rotatable bonds is 7. The quantitative estimate of drug-likeness (QED) is 0.711. The zero-order chi connectivity index (χ0) is 19.5. The predicted molar refractivity (Wildman–Crippen MR) is 96.6 cm³/mol. The SMILES string of the molecule is COc1ccc(-c2noc(CCCC(=O)N[C@H]3CO[C@H]4[C@@H]3OC[C@@H]4O)n2)cc1. The van der Waals surface area contributed by atoms with Gasteiger partial charge < -0.3 is 29.2 Å². The molecule has 2 saturated heterocycles. The average Bonchev–Trinajstić information content (AvgIpc) is 3.42. The molecule has 2 N–H and O–H groups in total. The molecule has 1 amide bonds. The molecular formula is C19H23N3O6. The molecule has 2 fully saturated rings. The number of hydrogen-bond acceptors (Lipinski definition) is 8. The number of amides is 1. The zero-order valence-corrected chi connectivity index (χ0v) is 15.5. The summed E-state index contributed by atoms with van der Waals surface area (Å²) >= 11 is 0. The van der Waals surface area contributed by atoms with Gasteiger partial charge in [0.2, 0.25) is 17.6 Å². The van der Waals surface area contributed by atoms with E-state index in [1.165, 1.54) is 0 Å². The van der Waals surface area contributed by atoms with Gasteiger partial charge in [-0.15, -0.1) is 0 Å². The molecule has 0 radical (unpaired) electrons. The van der Waals surface area contributed by atoms with E-state index in [4.69, 9.17) is 18.7 Å². The topological polar surface area (TPSA) is 116 Å². The fourth-order valence-electron chi connectivity index (χ4n) is 3.50. The average molecular weight is 389 g/mol. The highest BCUT2D eigenvalue weighted by molar-refractivity contribution is 5.76. The maximum Gasteiger partial charge on any atom is 0.226 e. The number of ether oxygens (including phenoxy) is 3. The highest BCUT2D eigenvalue weighted by atomic mass is 16.6. The standard InChI is InChI=1S/C19H23N3O6/c1-25-12-7-5-11(6-8-12)19-21-16(28-22-19)4-2-3-15(24)20-13-9-26-18-14(23)10-27-17(13)18/h5-8,13-14,17-18,23H,2-4,9-10H2,1H3,(H,20,24)/t13-,14-,17+,18+/m0/s1. The number of nitrogens with one attached hydrogen (secondary N) is 1. The van der Waals surface area contributed by atoms with E-state index in [2.05, 4.69) is 15.5 Å². The number of aliphatic hydroxyl groups excluding tert-OH is 1. The van der Waals surface area contributed by atoms with E-state index in [0.717, 1.165) is 11.3 Å². The monoisotopic (exact) mass is 389 g/mol. The lowest BCUT2D eigenvalue weighted by Gasteiger charge is -2.17. The van der Waals surface area contributed by atoms with Gasteiger partial charge in [0.25, 0.3) is 0 Å². The lowest BCUT2D eigenvalue weighted by atomic mass is 10.1. The third kappa shape index (κ3) is 4.01. The molecule has 4 atom stereocenters. The normalized spacial score (nSPS) is 26.2. The number of carbonyl (C=O) groups is 1. The van der Waals surface area contributed by atoms with Crippen molar-refractivity contribution in [3.63, 3.8) is 0 Å². The molecule has 4 rings (SSSR count). The van der Waals surface area contributed by atoms with Crippen molar-refractivity contribution in [2.75, 3.05) is 20.3 Å². The van der Waals surface area contributed by atoms with Crippen molar-refractivity contribution in [1.29, 1.82) is 0 Å². The molecule has 0 saturated carbocycles. The van der Waals surface area contributed by atoms with E-state index in [9.17, 15) is 9.90 Å². The van der Waals surface area contributed by atoms with Crippen molar-refractivity contribution in [3.05, 3.63) is 30.2 Å². The van der Waals surface area contributed by atoms with Gasteiger partial charge in [-0.05, 0) is 30.7 Å². The van der Waals surface area contributed by atoms with Gasteiger partial charge >= 0.3 is 0 Å². The Kier molecular flexibility index (Phi) is 5.56. The van der Waals surface area contributed by atoms with Crippen molar-refractivity contribution < 1.29 is 28.6 Å². The van der Waals surface area contributed by atoms with Gasteiger partial charge in [0.05, 0.1) is 26.4 Å². The Morgan fingerprint density at radius 3 is 2.82 bits per heavy atom. The van der Waals surface area contributed by atoms with Crippen molar-refractivity contribution in [2.24, 2.45) is 0 Å². The molecule has 2 aliphatic rings. The Bertz CT molecular complexity index is 808. The van der Waals surface area contributed by atoms with Crippen molar-refractivity contribution in [2.45, 2.75) is 43.6 Å². The van der Waals surface area contributed by atoms with E-state index in [-0.39, 0.29) is 30.8 Å².